The molecule has 15 heteroatoms. The molecule has 2 N–H and O–H groups in total. The van der Waals surface area contributed by atoms with Gasteiger partial charge in [-0.1, -0.05) is 28.8 Å². The molecule has 4 aromatic rings. The fourth-order valence-electron chi connectivity index (χ4n) is 3.68. The van der Waals surface area contributed by atoms with E-state index in [-0.39, 0.29) is 22.8 Å². The van der Waals surface area contributed by atoms with Crippen molar-refractivity contribution in [1.29, 1.82) is 0 Å². The average Bonchev–Trinajstić information content (AvgIpc) is 3.47. The Morgan fingerprint density at radius 1 is 0.854 bits per heavy atom. The van der Waals surface area contributed by atoms with Gasteiger partial charge in [-0.3, -0.25) is 0 Å². The largest absolute Gasteiger partial charge is 0.482 e. The van der Waals surface area contributed by atoms with Gasteiger partial charge < -0.3 is 19.7 Å². The Kier molecular flexibility index (Phi) is 9.21. The lowest BCUT2D eigenvalue weighted by Gasteiger charge is -2.23. The van der Waals surface area contributed by atoms with Gasteiger partial charge in [0.2, 0.25) is 10.0 Å². The third-order valence-corrected chi connectivity index (χ3v) is 7.86. The van der Waals surface area contributed by atoms with Crippen LogP contribution >= 0.6 is 11.5 Å². The molecule has 1 heterocycles. The molecule has 0 aliphatic rings. The number of sulfonamides is 1. The second-order valence-electron chi connectivity index (χ2n) is 8.48. The standard InChI is InChI=1S/C26H21F2N3O8S2/c27-21-9-17(10-22(28)26(21)39-14-25(34)35)12-31(11-16-1-3-18(4-2-16)23-15-40-30-29-23)41(36,37)20-7-5-19(6-8-20)38-13-24(32)33/h1-10,15H,11-14H2,(H,32,33)(H,34,35). The smallest absolute Gasteiger partial charge is 0.341 e. The highest BCUT2D eigenvalue weighted by Gasteiger charge is 2.26. The third-order valence-electron chi connectivity index (χ3n) is 5.55. The van der Waals surface area contributed by atoms with Gasteiger partial charge in [-0.15, -0.1) is 5.10 Å². The van der Waals surface area contributed by atoms with E-state index in [4.69, 9.17) is 14.9 Å². The highest BCUT2D eigenvalue weighted by atomic mass is 32.2. The molecule has 0 bridgehead atoms. The summed E-state index contributed by atoms with van der Waals surface area (Å²) >= 11 is 1.18. The van der Waals surface area contributed by atoms with Crippen molar-refractivity contribution >= 4 is 33.5 Å². The Balaban J connectivity index is 1.64. The van der Waals surface area contributed by atoms with E-state index in [0.717, 1.165) is 22.0 Å². The molecule has 0 saturated heterocycles. The molecule has 3 aromatic carbocycles. The quantitative estimate of drug-likeness (QED) is 0.230. The van der Waals surface area contributed by atoms with Crippen molar-refractivity contribution in [3.63, 3.8) is 0 Å². The van der Waals surface area contributed by atoms with Gasteiger partial charge in [-0.25, -0.2) is 26.8 Å². The van der Waals surface area contributed by atoms with Crippen LogP contribution in [0, 0.1) is 11.6 Å². The molecule has 0 spiro atoms. The minimum Gasteiger partial charge on any atom is -0.482 e. The maximum atomic E-state index is 14.6. The van der Waals surface area contributed by atoms with Crippen molar-refractivity contribution in [3.05, 3.63) is 88.8 Å². The van der Waals surface area contributed by atoms with Gasteiger partial charge in [0, 0.05) is 24.0 Å². The van der Waals surface area contributed by atoms with Crippen molar-refractivity contribution in [1.82, 2.24) is 13.9 Å². The molecule has 0 atom stereocenters. The topological polar surface area (TPSA) is 156 Å². The lowest BCUT2D eigenvalue weighted by Crippen LogP contribution is -2.30. The van der Waals surface area contributed by atoms with E-state index >= 15 is 0 Å². The second-order valence-corrected chi connectivity index (χ2v) is 11.0. The molecule has 0 aliphatic carbocycles. The van der Waals surface area contributed by atoms with Crippen LogP contribution in [0.4, 0.5) is 8.78 Å². The van der Waals surface area contributed by atoms with Crippen LogP contribution < -0.4 is 9.47 Å². The van der Waals surface area contributed by atoms with Crippen molar-refractivity contribution in [3.8, 4) is 22.8 Å². The molecule has 4 rings (SSSR count). The zero-order valence-corrected chi connectivity index (χ0v) is 22.6. The number of hydrogen-bond acceptors (Lipinski definition) is 9. The summed E-state index contributed by atoms with van der Waals surface area (Å²) in [5.74, 6) is -5.79. The second kappa shape index (κ2) is 12.8. The first kappa shape index (κ1) is 29.5. The number of carboxylic acid groups (broad SMARTS) is 2. The van der Waals surface area contributed by atoms with Crippen LogP contribution in [0.2, 0.25) is 0 Å². The molecule has 0 saturated carbocycles. The first-order valence-corrected chi connectivity index (χ1v) is 13.9. The zero-order chi connectivity index (χ0) is 29.6. The number of hydrogen-bond donors (Lipinski definition) is 2. The molecule has 0 aliphatic heterocycles. The van der Waals surface area contributed by atoms with Crippen LogP contribution in [0.25, 0.3) is 11.3 Å². The fraction of sp³-hybridized carbons (Fsp3) is 0.154. The highest BCUT2D eigenvalue weighted by Crippen LogP contribution is 2.28. The number of ether oxygens (including phenoxy) is 2. The number of nitrogens with zero attached hydrogens (tertiary/aromatic N) is 3. The Morgan fingerprint density at radius 3 is 2.00 bits per heavy atom. The molecule has 1 aromatic heterocycles. The predicted octanol–water partition coefficient (Wildman–Crippen LogP) is 3.80. The first-order chi connectivity index (χ1) is 19.5. The van der Waals surface area contributed by atoms with Crippen molar-refractivity contribution < 1.29 is 46.5 Å². The van der Waals surface area contributed by atoms with Crippen molar-refractivity contribution in [2.45, 2.75) is 18.0 Å². The van der Waals surface area contributed by atoms with Gasteiger partial charge in [-0.05, 0) is 59.1 Å². The van der Waals surface area contributed by atoms with E-state index in [2.05, 4.69) is 14.3 Å². The van der Waals surface area contributed by atoms with E-state index < -0.39 is 59.1 Å². The Morgan fingerprint density at radius 2 is 1.44 bits per heavy atom. The summed E-state index contributed by atoms with van der Waals surface area (Å²) in [7, 11) is -4.27. The molecular formula is C26H21F2N3O8S2. The number of rotatable bonds is 13. The average molecular weight is 606 g/mol. The summed E-state index contributed by atoms with van der Waals surface area (Å²) in [5.41, 5.74) is 1.91. The van der Waals surface area contributed by atoms with Gasteiger partial charge in [0.1, 0.15) is 11.4 Å². The molecular weight excluding hydrogens is 584 g/mol. The van der Waals surface area contributed by atoms with Crippen molar-refractivity contribution in [2.75, 3.05) is 13.2 Å². The van der Waals surface area contributed by atoms with E-state index in [9.17, 15) is 26.8 Å². The lowest BCUT2D eigenvalue weighted by atomic mass is 10.1. The van der Waals surface area contributed by atoms with E-state index in [1.54, 1.807) is 29.6 Å². The van der Waals surface area contributed by atoms with Crippen LogP contribution in [0.15, 0.2) is 70.9 Å². The summed E-state index contributed by atoms with van der Waals surface area (Å²) in [6, 6.07) is 13.6. The predicted molar refractivity (Wildman–Crippen MR) is 141 cm³/mol. The van der Waals surface area contributed by atoms with Crippen LogP contribution in [0.3, 0.4) is 0 Å². The minimum atomic E-state index is -4.27. The Bertz CT molecular complexity index is 1610. The molecule has 214 valence electrons. The molecule has 0 radical (unpaired) electrons. The van der Waals surface area contributed by atoms with Crippen LogP contribution in [0.1, 0.15) is 11.1 Å². The molecule has 0 unspecified atom stereocenters. The first-order valence-electron chi connectivity index (χ1n) is 11.7. The van der Waals surface area contributed by atoms with E-state index in [0.29, 0.717) is 11.3 Å². The lowest BCUT2D eigenvalue weighted by molar-refractivity contribution is -0.140. The number of carboxylic acids is 2. The maximum absolute atomic E-state index is 14.6. The Hall–Kier alpha value is -4.47. The van der Waals surface area contributed by atoms with Gasteiger partial charge in [0.15, 0.2) is 30.6 Å². The van der Waals surface area contributed by atoms with Crippen LogP contribution in [0.5, 0.6) is 11.5 Å². The number of aromatic nitrogens is 2. The SMILES string of the molecule is O=C(O)COc1ccc(S(=O)(=O)N(Cc2ccc(-c3csnn3)cc2)Cc2cc(F)c(OCC(=O)O)c(F)c2)cc1. The molecule has 0 amide bonds. The number of benzene rings is 3. The van der Waals surface area contributed by atoms with Gasteiger partial charge in [-0.2, -0.15) is 4.31 Å². The fourth-order valence-corrected chi connectivity index (χ4v) is 5.56. The Labute approximate surface area is 236 Å². The molecule has 41 heavy (non-hydrogen) atoms. The van der Waals surface area contributed by atoms with Gasteiger partial charge in [0.25, 0.3) is 0 Å². The van der Waals surface area contributed by atoms with E-state index in [1.807, 2.05) is 0 Å². The summed E-state index contributed by atoms with van der Waals surface area (Å²) in [4.78, 5) is 21.3. The molecule has 0 fully saturated rings. The normalized spacial score (nSPS) is 11.4. The van der Waals surface area contributed by atoms with Crippen LogP contribution in [-0.4, -0.2) is 57.7 Å². The van der Waals surface area contributed by atoms with Crippen LogP contribution in [-0.2, 0) is 32.7 Å². The summed E-state index contributed by atoms with van der Waals surface area (Å²) in [5, 5.41) is 23.2. The summed E-state index contributed by atoms with van der Waals surface area (Å²) < 4.78 is 71.1. The third kappa shape index (κ3) is 7.59. The summed E-state index contributed by atoms with van der Waals surface area (Å²) in [6.45, 7) is -2.22. The minimum absolute atomic E-state index is 0.0576. The van der Waals surface area contributed by atoms with E-state index in [1.165, 1.54) is 35.8 Å². The monoisotopic (exact) mass is 605 g/mol. The highest BCUT2D eigenvalue weighted by molar-refractivity contribution is 7.89. The summed E-state index contributed by atoms with van der Waals surface area (Å²) in [6.07, 6.45) is 0. The number of halogens is 2. The number of aliphatic carboxylic acids is 2. The number of carbonyl (C=O) groups is 2. The molecule has 11 nitrogen and oxygen atoms in total. The van der Waals surface area contributed by atoms with Gasteiger partial charge >= 0.3 is 11.9 Å². The maximum Gasteiger partial charge on any atom is 0.341 e. The van der Waals surface area contributed by atoms with Crippen molar-refractivity contribution in [2.24, 2.45) is 0 Å². The van der Waals surface area contributed by atoms with Gasteiger partial charge in [0.05, 0.1) is 4.90 Å². The zero-order valence-electron chi connectivity index (χ0n) is 20.9.